The van der Waals surface area contributed by atoms with Gasteiger partial charge in [0.05, 0.1) is 33.7 Å². The molecule has 0 aliphatic rings. The first-order chi connectivity index (χ1) is 13.9. The molecule has 2 aromatic rings. The number of rotatable bonds is 12. The van der Waals surface area contributed by atoms with Crippen LogP contribution in [0, 0.1) is 0 Å². The minimum absolute atomic E-state index is 0.531. The number of carbonyl (C=O) groups is 1. The van der Waals surface area contributed by atoms with Crippen molar-refractivity contribution in [2.24, 2.45) is 0 Å². The van der Waals surface area contributed by atoms with Crippen molar-refractivity contribution in [3.8, 4) is 0 Å². The van der Waals surface area contributed by atoms with Crippen LogP contribution in [0.3, 0.4) is 0 Å². The Hall–Kier alpha value is -1.97. The zero-order chi connectivity index (χ0) is 21.3. The van der Waals surface area contributed by atoms with Crippen molar-refractivity contribution < 1.29 is 4.79 Å². The summed E-state index contributed by atoms with van der Waals surface area (Å²) in [4.78, 5) is 11.0. The lowest BCUT2D eigenvalue weighted by Gasteiger charge is -2.31. The van der Waals surface area contributed by atoms with Crippen molar-refractivity contribution in [3.05, 3.63) is 59.7 Å². The van der Waals surface area contributed by atoms with E-state index in [4.69, 9.17) is 0 Å². The average Bonchev–Trinajstić information content (AvgIpc) is 2.77. The topological polar surface area (TPSA) is 17.1 Å². The van der Waals surface area contributed by atoms with Gasteiger partial charge in [-0.2, -0.15) is 0 Å². The van der Waals surface area contributed by atoms with Gasteiger partial charge in [0.2, 0.25) is 0 Å². The minimum atomic E-state index is 0.531. The predicted octanol–water partition coefficient (Wildman–Crippen LogP) is 5.38. The van der Waals surface area contributed by atoms with Crippen molar-refractivity contribution in [3.63, 3.8) is 0 Å². The maximum absolute atomic E-state index is 11.0. The number of quaternary nitrogens is 2. The molecule has 2 rings (SSSR count). The molecule has 0 spiro atoms. The van der Waals surface area contributed by atoms with E-state index in [-0.39, 0.29) is 0 Å². The lowest BCUT2D eigenvalue weighted by molar-refractivity contribution is -0.108. The van der Waals surface area contributed by atoms with Crippen molar-refractivity contribution in [2.75, 3.05) is 40.3 Å². The summed E-state index contributed by atoms with van der Waals surface area (Å²) >= 11 is 0. The first kappa shape index (κ1) is 23.3. The van der Waals surface area contributed by atoms with E-state index >= 15 is 0 Å². The third-order valence-corrected chi connectivity index (χ3v) is 6.87. The van der Waals surface area contributed by atoms with E-state index in [9.17, 15) is 4.79 Å². The van der Waals surface area contributed by atoms with Gasteiger partial charge in [0.1, 0.15) is 17.9 Å². The van der Waals surface area contributed by atoms with Crippen molar-refractivity contribution >= 4 is 17.7 Å². The van der Waals surface area contributed by atoms with Gasteiger partial charge in [0, 0.05) is 0 Å². The molecule has 29 heavy (non-hydrogen) atoms. The summed E-state index contributed by atoms with van der Waals surface area (Å²) < 4.78 is 1.67. The van der Waals surface area contributed by atoms with Gasteiger partial charge >= 0.3 is 0 Å². The molecule has 0 fully saturated rings. The number of hydrogen-bond acceptors (Lipinski definition) is 1. The second-order valence-electron chi connectivity index (χ2n) is 8.63. The van der Waals surface area contributed by atoms with Crippen molar-refractivity contribution in [1.82, 2.24) is 8.97 Å². The summed E-state index contributed by atoms with van der Waals surface area (Å²) in [6.07, 6.45) is 5.69. The molecule has 0 aliphatic carbocycles. The number of hydrogen-bond donors (Lipinski definition) is 0. The molecule has 0 saturated carbocycles. The predicted molar refractivity (Wildman–Crippen MR) is 128 cm³/mol. The Morgan fingerprint density at radius 1 is 0.655 bits per heavy atom. The van der Waals surface area contributed by atoms with E-state index in [2.05, 4.69) is 83.4 Å². The van der Waals surface area contributed by atoms with Crippen LogP contribution >= 0.6 is 0 Å². The molecule has 0 saturated heterocycles. The maximum Gasteiger partial charge on any atom is 0.174 e. The van der Waals surface area contributed by atoms with Crippen LogP contribution in [0.25, 0.3) is 0 Å². The first-order valence-electron chi connectivity index (χ1n) is 11.2. The van der Waals surface area contributed by atoms with E-state index in [0.717, 1.165) is 43.2 Å². The molecule has 3 nitrogen and oxygen atoms in total. The van der Waals surface area contributed by atoms with Gasteiger partial charge in [-0.25, -0.2) is 0 Å². The monoisotopic (exact) mass is 396 g/mol. The third kappa shape index (κ3) is 6.01. The standard InChI is InChI=1S/C26H40N2O/c1-6-27(4,7-2)25-17-13-23(14-18-25)11-9-10-12-24-15-19-26(20-16-24)28(5,8-3)21-22-29/h13-20,22H,6-12,21H2,1-5H3/q+2. The van der Waals surface area contributed by atoms with Gasteiger partial charge in [-0.05, 0) is 81.8 Å². The quantitative estimate of drug-likeness (QED) is 0.267. The highest BCUT2D eigenvalue weighted by molar-refractivity contribution is 5.58. The zero-order valence-electron chi connectivity index (χ0n) is 19.2. The van der Waals surface area contributed by atoms with Crippen LogP contribution in [-0.4, -0.2) is 46.6 Å². The zero-order valence-corrected chi connectivity index (χ0v) is 19.2. The Labute approximate surface area is 178 Å². The number of aryl methyl sites for hydroxylation is 2. The van der Waals surface area contributed by atoms with Gasteiger partial charge in [-0.3, -0.25) is 13.8 Å². The third-order valence-electron chi connectivity index (χ3n) is 6.87. The van der Waals surface area contributed by atoms with E-state index in [1.165, 1.54) is 35.3 Å². The smallest absolute Gasteiger partial charge is 0.174 e. The number of nitrogens with zero attached hydrogens (tertiary/aromatic N) is 2. The Bertz CT molecular complexity index is 747. The molecule has 0 aromatic heterocycles. The van der Waals surface area contributed by atoms with E-state index in [1.54, 1.807) is 0 Å². The maximum atomic E-state index is 11.0. The minimum Gasteiger partial charge on any atom is -0.297 e. The lowest BCUT2D eigenvalue weighted by atomic mass is 10.0. The van der Waals surface area contributed by atoms with E-state index in [1.807, 2.05) is 0 Å². The molecule has 0 radical (unpaired) electrons. The molecule has 0 heterocycles. The van der Waals surface area contributed by atoms with Crippen LogP contribution in [-0.2, 0) is 17.6 Å². The van der Waals surface area contributed by atoms with Crippen molar-refractivity contribution in [2.45, 2.75) is 46.5 Å². The Morgan fingerprint density at radius 2 is 1.03 bits per heavy atom. The highest BCUT2D eigenvalue weighted by Gasteiger charge is 2.22. The first-order valence-corrected chi connectivity index (χ1v) is 11.2. The largest absolute Gasteiger partial charge is 0.297 e. The normalized spacial score (nSPS) is 13.8. The second kappa shape index (κ2) is 10.7. The van der Waals surface area contributed by atoms with Gasteiger partial charge in [0.25, 0.3) is 0 Å². The van der Waals surface area contributed by atoms with Crippen molar-refractivity contribution in [1.29, 1.82) is 0 Å². The number of benzene rings is 2. The number of unbranched alkanes of at least 4 members (excludes halogenated alkanes) is 1. The molecule has 1 atom stereocenters. The van der Waals surface area contributed by atoms with E-state index < -0.39 is 0 Å². The molecule has 0 N–H and O–H groups in total. The highest BCUT2D eigenvalue weighted by Crippen LogP contribution is 2.23. The van der Waals surface area contributed by atoms with E-state index in [0.29, 0.717) is 11.0 Å². The molecule has 158 valence electrons. The van der Waals surface area contributed by atoms with Crippen LogP contribution in [0.15, 0.2) is 48.5 Å². The number of aldehydes is 1. The van der Waals surface area contributed by atoms with Crippen LogP contribution in [0.2, 0.25) is 0 Å². The van der Waals surface area contributed by atoms with Gasteiger partial charge in [-0.15, -0.1) is 0 Å². The summed E-state index contributed by atoms with van der Waals surface area (Å²) in [5.74, 6) is 0. The summed E-state index contributed by atoms with van der Waals surface area (Å²) in [7, 11) is 4.43. The number of likely N-dealkylation sites (N-methyl/N-ethyl adjacent to an activating group) is 1. The summed E-state index contributed by atoms with van der Waals surface area (Å²) in [5, 5.41) is 0. The fraction of sp³-hybridized carbons (Fsp3) is 0.500. The molecule has 2 aromatic carbocycles. The van der Waals surface area contributed by atoms with Gasteiger partial charge < -0.3 is 0 Å². The van der Waals surface area contributed by atoms with Gasteiger partial charge in [0.15, 0.2) is 6.29 Å². The fourth-order valence-electron chi connectivity index (χ4n) is 3.87. The van der Waals surface area contributed by atoms with Crippen LogP contribution < -0.4 is 8.97 Å². The molecule has 3 heteroatoms. The van der Waals surface area contributed by atoms with Crippen LogP contribution in [0.1, 0.15) is 44.7 Å². The molecule has 0 bridgehead atoms. The lowest BCUT2D eigenvalue weighted by Crippen LogP contribution is -2.46. The molecular weight excluding hydrogens is 356 g/mol. The number of carbonyl (C=O) groups excluding carboxylic acids is 1. The second-order valence-corrected chi connectivity index (χ2v) is 8.63. The average molecular weight is 397 g/mol. The molecule has 0 aliphatic heterocycles. The highest BCUT2D eigenvalue weighted by atomic mass is 16.1. The SMILES string of the molecule is CC[N+](C)(CC)c1ccc(CCCCc2ccc([N+](C)(CC)CC=O)cc2)cc1. The molecular formula is C26H40N2O+2. The summed E-state index contributed by atoms with van der Waals surface area (Å²) in [5.41, 5.74) is 5.45. The van der Waals surface area contributed by atoms with Crippen LogP contribution in [0.4, 0.5) is 11.4 Å². The Balaban J connectivity index is 1.84. The fourth-order valence-corrected chi connectivity index (χ4v) is 3.87. The summed E-state index contributed by atoms with van der Waals surface area (Å²) in [6, 6.07) is 18.1. The molecule has 0 amide bonds. The molecule has 1 unspecified atom stereocenters. The summed E-state index contributed by atoms with van der Waals surface area (Å²) in [6.45, 7) is 10.4. The Kier molecular flexibility index (Phi) is 8.60. The Morgan fingerprint density at radius 3 is 1.38 bits per heavy atom. The van der Waals surface area contributed by atoms with Crippen LogP contribution in [0.5, 0.6) is 0 Å². The van der Waals surface area contributed by atoms with Gasteiger partial charge in [-0.1, -0.05) is 24.3 Å².